The molecule has 0 unspecified atom stereocenters. The molecule has 130 valence electrons. The number of anilines is 1. The maximum atomic E-state index is 11.8. The molecule has 3 aromatic rings. The first-order chi connectivity index (χ1) is 12.7. The number of aromatic nitrogens is 3. The van der Waals surface area contributed by atoms with Gasteiger partial charge in [-0.1, -0.05) is 54.1 Å². The Labute approximate surface area is 155 Å². The number of rotatable bonds is 3. The van der Waals surface area contributed by atoms with Crippen LogP contribution in [0.15, 0.2) is 60.7 Å². The molecule has 0 saturated carbocycles. The third-order valence-corrected chi connectivity index (χ3v) is 4.38. The molecule has 0 saturated heterocycles. The van der Waals surface area contributed by atoms with Crippen LogP contribution in [-0.4, -0.2) is 27.8 Å². The van der Waals surface area contributed by atoms with Crippen molar-refractivity contribution in [2.75, 3.05) is 12.4 Å². The number of halogens is 1. The van der Waals surface area contributed by atoms with Gasteiger partial charge >= 0.3 is 5.97 Å². The van der Waals surface area contributed by atoms with E-state index in [0.717, 1.165) is 16.8 Å². The van der Waals surface area contributed by atoms with E-state index in [-0.39, 0.29) is 11.9 Å². The summed E-state index contributed by atoms with van der Waals surface area (Å²) in [5.74, 6) is -0.0815. The molecule has 6 nitrogen and oxygen atoms in total. The minimum atomic E-state index is -0.575. The molecule has 1 aromatic heterocycles. The molecule has 2 heterocycles. The van der Waals surface area contributed by atoms with Crippen LogP contribution in [0.5, 0.6) is 0 Å². The average Bonchev–Trinajstić information content (AvgIpc) is 3.12. The summed E-state index contributed by atoms with van der Waals surface area (Å²) in [7, 11) is 1.31. The van der Waals surface area contributed by atoms with Crippen LogP contribution in [-0.2, 0) is 4.74 Å². The van der Waals surface area contributed by atoms with Crippen LogP contribution in [0.25, 0.3) is 5.70 Å². The van der Waals surface area contributed by atoms with Crippen LogP contribution in [0.2, 0.25) is 5.02 Å². The van der Waals surface area contributed by atoms with Crippen molar-refractivity contribution in [2.45, 2.75) is 6.04 Å². The number of nitrogens with one attached hydrogen (secondary N) is 1. The summed E-state index contributed by atoms with van der Waals surface area (Å²) >= 11 is 5.99. The van der Waals surface area contributed by atoms with Gasteiger partial charge in [0, 0.05) is 10.7 Å². The zero-order valence-electron chi connectivity index (χ0n) is 13.9. The van der Waals surface area contributed by atoms with Crippen LogP contribution in [0.1, 0.15) is 27.8 Å². The van der Waals surface area contributed by atoms with Crippen molar-refractivity contribution >= 4 is 29.2 Å². The number of esters is 1. The molecule has 0 radical (unpaired) electrons. The molecule has 0 spiro atoms. The summed E-state index contributed by atoms with van der Waals surface area (Å²) in [6.45, 7) is 0. The van der Waals surface area contributed by atoms with Crippen LogP contribution >= 0.6 is 11.6 Å². The highest BCUT2D eigenvalue weighted by Gasteiger charge is 2.27. The van der Waals surface area contributed by atoms with Crippen LogP contribution < -0.4 is 5.32 Å². The summed E-state index contributed by atoms with van der Waals surface area (Å²) in [6, 6.07) is 17.2. The smallest absolute Gasteiger partial charge is 0.378 e. The Morgan fingerprint density at radius 3 is 2.58 bits per heavy atom. The molecule has 26 heavy (non-hydrogen) atoms. The Morgan fingerprint density at radius 2 is 1.88 bits per heavy atom. The van der Waals surface area contributed by atoms with Gasteiger partial charge in [0.2, 0.25) is 5.95 Å². The van der Waals surface area contributed by atoms with Gasteiger partial charge < -0.3 is 10.1 Å². The summed E-state index contributed by atoms with van der Waals surface area (Å²) in [5, 5.41) is 8.22. The minimum absolute atomic E-state index is 0.0155. The van der Waals surface area contributed by atoms with E-state index in [1.807, 2.05) is 60.7 Å². The largest absolute Gasteiger partial charge is 0.463 e. The average molecular weight is 367 g/mol. The van der Waals surface area contributed by atoms with E-state index in [1.165, 1.54) is 7.11 Å². The molecule has 0 aliphatic carbocycles. The van der Waals surface area contributed by atoms with Gasteiger partial charge in [-0.2, -0.15) is 4.98 Å². The summed E-state index contributed by atoms with van der Waals surface area (Å²) < 4.78 is 6.42. The molecule has 4 rings (SSSR count). The number of fused-ring (bicyclic) bond motifs is 1. The van der Waals surface area contributed by atoms with Gasteiger partial charge in [0.1, 0.15) is 6.04 Å². The van der Waals surface area contributed by atoms with Crippen molar-refractivity contribution in [1.29, 1.82) is 0 Å². The molecule has 2 aromatic carbocycles. The summed E-state index contributed by atoms with van der Waals surface area (Å²) in [6.07, 6.45) is 2.04. The standard InChI is InChI=1S/C19H15ClN4O2/c1-26-18(25)17-22-19-21-15(12-7-9-14(20)10-8-12)11-16(24(19)23-17)13-5-3-2-4-6-13/h2-11,16H,1H3,(H,21,22,23)/t16-/m1/s1. The van der Waals surface area contributed by atoms with E-state index in [2.05, 4.69) is 15.4 Å². The second-order valence-electron chi connectivity index (χ2n) is 5.76. The fourth-order valence-corrected chi connectivity index (χ4v) is 2.98. The number of hydrogen-bond donors (Lipinski definition) is 1. The van der Waals surface area contributed by atoms with Gasteiger partial charge in [0.25, 0.3) is 5.82 Å². The van der Waals surface area contributed by atoms with Gasteiger partial charge in [-0.05, 0) is 29.3 Å². The highest BCUT2D eigenvalue weighted by Crippen LogP contribution is 2.32. The molecule has 0 amide bonds. The molecule has 0 bridgehead atoms. The van der Waals surface area contributed by atoms with Crippen molar-refractivity contribution < 1.29 is 9.53 Å². The highest BCUT2D eigenvalue weighted by molar-refractivity contribution is 6.30. The van der Waals surface area contributed by atoms with Crippen LogP contribution in [0.3, 0.4) is 0 Å². The first-order valence-corrected chi connectivity index (χ1v) is 8.38. The fourth-order valence-electron chi connectivity index (χ4n) is 2.86. The molecular formula is C19H15ClN4O2. The summed E-state index contributed by atoms with van der Waals surface area (Å²) in [4.78, 5) is 16.1. The minimum Gasteiger partial charge on any atom is -0.463 e. The third kappa shape index (κ3) is 2.95. The molecule has 0 fully saturated rings. The first-order valence-electron chi connectivity index (χ1n) is 8.00. The van der Waals surface area contributed by atoms with Gasteiger partial charge in [0.15, 0.2) is 0 Å². The number of carbonyl (C=O) groups excluding carboxylic acids is 1. The molecular weight excluding hydrogens is 352 g/mol. The van der Waals surface area contributed by atoms with Crippen LogP contribution in [0.4, 0.5) is 5.95 Å². The number of methoxy groups -OCH3 is 1. The number of ether oxygens (including phenoxy) is 1. The van der Waals surface area contributed by atoms with Crippen molar-refractivity contribution in [3.63, 3.8) is 0 Å². The lowest BCUT2D eigenvalue weighted by molar-refractivity contribution is 0.0586. The highest BCUT2D eigenvalue weighted by atomic mass is 35.5. The number of allylic oxidation sites excluding steroid dienone is 1. The van der Waals surface area contributed by atoms with Crippen LogP contribution in [0, 0.1) is 0 Å². The number of nitrogens with zero attached hydrogens (tertiary/aromatic N) is 3. The van der Waals surface area contributed by atoms with E-state index in [0.29, 0.717) is 11.0 Å². The normalized spacial score (nSPS) is 15.6. The molecule has 1 N–H and O–H groups in total. The van der Waals surface area contributed by atoms with E-state index >= 15 is 0 Å². The Bertz CT molecular complexity index is 981. The fraction of sp³-hybridized carbons (Fsp3) is 0.105. The Balaban J connectivity index is 1.82. The van der Waals surface area contributed by atoms with E-state index in [9.17, 15) is 4.79 Å². The molecule has 1 aliphatic heterocycles. The maximum Gasteiger partial charge on any atom is 0.378 e. The van der Waals surface area contributed by atoms with Crippen molar-refractivity contribution in [2.24, 2.45) is 0 Å². The van der Waals surface area contributed by atoms with Gasteiger partial charge in [-0.15, -0.1) is 5.10 Å². The van der Waals surface area contributed by atoms with Gasteiger partial charge in [-0.25, -0.2) is 9.48 Å². The lowest BCUT2D eigenvalue weighted by Crippen LogP contribution is -2.20. The number of hydrogen-bond acceptors (Lipinski definition) is 5. The van der Waals surface area contributed by atoms with Crippen molar-refractivity contribution in [3.05, 3.63) is 82.6 Å². The zero-order chi connectivity index (χ0) is 18.1. The predicted octanol–water partition coefficient (Wildman–Crippen LogP) is 3.77. The zero-order valence-corrected chi connectivity index (χ0v) is 14.6. The van der Waals surface area contributed by atoms with Crippen molar-refractivity contribution in [3.8, 4) is 0 Å². The lowest BCUT2D eigenvalue weighted by Gasteiger charge is -2.24. The Morgan fingerprint density at radius 1 is 1.15 bits per heavy atom. The van der Waals surface area contributed by atoms with Crippen molar-refractivity contribution in [1.82, 2.24) is 14.8 Å². The predicted molar refractivity (Wildman–Crippen MR) is 99.0 cm³/mol. The van der Waals surface area contributed by atoms with E-state index in [1.54, 1.807) is 4.68 Å². The monoisotopic (exact) mass is 366 g/mol. The van der Waals surface area contributed by atoms with Gasteiger partial charge in [0.05, 0.1) is 7.11 Å². The number of carbonyl (C=O) groups is 1. The number of benzene rings is 2. The Kier molecular flexibility index (Phi) is 4.18. The van der Waals surface area contributed by atoms with E-state index in [4.69, 9.17) is 16.3 Å². The quantitative estimate of drug-likeness (QED) is 0.714. The van der Waals surface area contributed by atoms with E-state index < -0.39 is 5.97 Å². The van der Waals surface area contributed by atoms with Gasteiger partial charge in [-0.3, -0.25) is 0 Å². The second kappa shape index (κ2) is 6.65. The Hall–Kier alpha value is -3.12. The maximum absolute atomic E-state index is 11.8. The first kappa shape index (κ1) is 16.4. The second-order valence-corrected chi connectivity index (χ2v) is 6.20. The lowest BCUT2D eigenvalue weighted by atomic mass is 10.0. The third-order valence-electron chi connectivity index (χ3n) is 4.13. The SMILES string of the molecule is COC(=O)c1nc2n(n1)[C@@H](c1ccccc1)C=C(c1ccc(Cl)cc1)N2. The molecule has 7 heteroatoms. The summed E-state index contributed by atoms with van der Waals surface area (Å²) in [5.41, 5.74) is 2.86. The molecule has 1 aliphatic rings. The topological polar surface area (TPSA) is 69.0 Å². The molecule has 1 atom stereocenters.